The van der Waals surface area contributed by atoms with Crippen molar-refractivity contribution in [3.63, 3.8) is 0 Å². The molecular weight excluding hydrogens is 360 g/mol. The fourth-order valence-electron chi connectivity index (χ4n) is 3.41. The van der Waals surface area contributed by atoms with Crippen LogP contribution in [0.1, 0.15) is 44.1 Å². The van der Waals surface area contributed by atoms with Crippen molar-refractivity contribution in [1.82, 2.24) is 14.8 Å². The Morgan fingerprint density at radius 3 is 2.61 bits per heavy atom. The van der Waals surface area contributed by atoms with Crippen molar-refractivity contribution < 1.29 is 19.0 Å². The van der Waals surface area contributed by atoms with E-state index < -0.39 is 6.04 Å². The predicted molar refractivity (Wildman–Crippen MR) is 105 cm³/mol. The van der Waals surface area contributed by atoms with Gasteiger partial charge in [0.25, 0.3) is 0 Å². The van der Waals surface area contributed by atoms with E-state index in [1.165, 1.54) is 0 Å². The van der Waals surface area contributed by atoms with Gasteiger partial charge in [-0.2, -0.15) is 10.1 Å². The van der Waals surface area contributed by atoms with E-state index in [1.807, 2.05) is 25.1 Å². The molecule has 3 rings (SSSR count). The Kier molecular flexibility index (Phi) is 5.87. The molecule has 0 saturated carbocycles. The molecule has 0 saturated heterocycles. The molecule has 0 spiro atoms. The van der Waals surface area contributed by atoms with Crippen molar-refractivity contribution in [1.29, 1.82) is 0 Å². The molecule has 0 amide bonds. The van der Waals surface area contributed by atoms with Crippen LogP contribution in [0.2, 0.25) is 0 Å². The Bertz CT molecular complexity index is 904. The minimum atomic E-state index is -0.474. The molecule has 2 heterocycles. The third-order valence-electron chi connectivity index (χ3n) is 4.56. The van der Waals surface area contributed by atoms with Gasteiger partial charge >= 0.3 is 5.97 Å². The number of methoxy groups -OCH3 is 2. The van der Waals surface area contributed by atoms with E-state index in [4.69, 9.17) is 14.2 Å². The van der Waals surface area contributed by atoms with Crippen LogP contribution in [0.4, 0.5) is 5.95 Å². The smallest absolute Gasteiger partial charge is 0.338 e. The van der Waals surface area contributed by atoms with E-state index in [-0.39, 0.29) is 5.97 Å². The van der Waals surface area contributed by atoms with Gasteiger partial charge in [-0.1, -0.05) is 19.4 Å². The number of nitrogens with one attached hydrogen (secondary N) is 1. The predicted octanol–water partition coefficient (Wildman–Crippen LogP) is 3.24. The summed E-state index contributed by atoms with van der Waals surface area (Å²) in [6.45, 7) is 5.98. The molecule has 0 radical (unpaired) electrons. The summed E-state index contributed by atoms with van der Waals surface area (Å²) < 4.78 is 17.9. The first-order chi connectivity index (χ1) is 13.5. The number of ether oxygens (including phenoxy) is 3. The van der Waals surface area contributed by atoms with Crippen LogP contribution in [0.3, 0.4) is 0 Å². The van der Waals surface area contributed by atoms with Crippen LogP contribution < -0.4 is 14.8 Å². The summed E-state index contributed by atoms with van der Waals surface area (Å²) in [6, 6.07) is 5.11. The summed E-state index contributed by atoms with van der Waals surface area (Å²) >= 11 is 0. The van der Waals surface area contributed by atoms with Crippen molar-refractivity contribution >= 4 is 11.9 Å². The molecule has 0 fully saturated rings. The molecule has 1 aromatic carbocycles. The lowest BCUT2D eigenvalue weighted by molar-refractivity contribution is -0.139. The summed E-state index contributed by atoms with van der Waals surface area (Å²) in [4.78, 5) is 17.4. The van der Waals surface area contributed by atoms with Crippen LogP contribution in [0.25, 0.3) is 0 Å². The SMILES string of the molecule is CCCC1=C(C(=O)OCC)[C@H](c2ccc(OC)c(OC)c2)n2nc(C)nc2N1. The highest BCUT2D eigenvalue weighted by atomic mass is 16.5. The first-order valence-electron chi connectivity index (χ1n) is 9.36. The highest BCUT2D eigenvalue weighted by Gasteiger charge is 2.36. The number of carbonyl (C=O) groups excluding carboxylic acids is 1. The number of aromatic nitrogens is 3. The Balaban J connectivity index is 2.21. The monoisotopic (exact) mass is 386 g/mol. The van der Waals surface area contributed by atoms with Gasteiger partial charge in [-0.15, -0.1) is 0 Å². The van der Waals surface area contributed by atoms with Gasteiger partial charge in [0.05, 0.1) is 26.4 Å². The molecule has 0 bridgehead atoms. The molecule has 0 unspecified atom stereocenters. The topological polar surface area (TPSA) is 87.5 Å². The molecule has 1 aromatic heterocycles. The Morgan fingerprint density at radius 2 is 1.96 bits per heavy atom. The zero-order valence-corrected chi connectivity index (χ0v) is 16.9. The quantitative estimate of drug-likeness (QED) is 0.731. The maximum Gasteiger partial charge on any atom is 0.338 e. The first-order valence-corrected chi connectivity index (χ1v) is 9.36. The van der Waals surface area contributed by atoms with Crippen LogP contribution in [0.5, 0.6) is 11.5 Å². The van der Waals surface area contributed by atoms with Gasteiger partial charge in [0.1, 0.15) is 11.9 Å². The van der Waals surface area contributed by atoms with Crippen molar-refractivity contribution in [2.24, 2.45) is 0 Å². The van der Waals surface area contributed by atoms with Gasteiger partial charge in [-0.3, -0.25) is 0 Å². The minimum absolute atomic E-state index is 0.295. The number of aryl methyl sites for hydroxylation is 1. The number of fused-ring (bicyclic) bond motifs is 1. The average molecular weight is 386 g/mol. The van der Waals surface area contributed by atoms with E-state index in [9.17, 15) is 4.79 Å². The second kappa shape index (κ2) is 8.33. The second-order valence-corrected chi connectivity index (χ2v) is 6.43. The van der Waals surface area contributed by atoms with Crippen molar-refractivity contribution in [3.8, 4) is 11.5 Å². The Morgan fingerprint density at radius 1 is 1.21 bits per heavy atom. The summed E-state index contributed by atoms with van der Waals surface area (Å²) in [5, 5.41) is 7.79. The fourth-order valence-corrected chi connectivity index (χ4v) is 3.41. The van der Waals surface area contributed by atoms with Crippen LogP contribution in [0.15, 0.2) is 29.5 Å². The molecule has 8 heteroatoms. The standard InChI is InChI=1S/C20H26N4O4/c1-6-8-14-17(19(25)28-7-2)18(24-20(22-14)21-12(3)23-24)13-9-10-15(26-4)16(11-13)27-5/h9-11,18H,6-8H2,1-5H3,(H,21,22,23)/t18-/m0/s1. The lowest BCUT2D eigenvalue weighted by Crippen LogP contribution is -2.30. The molecule has 150 valence electrons. The summed E-state index contributed by atoms with van der Waals surface area (Å²) in [6.07, 6.45) is 1.57. The van der Waals surface area contributed by atoms with E-state index in [2.05, 4.69) is 22.3 Å². The second-order valence-electron chi connectivity index (χ2n) is 6.43. The molecule has 1 N–H and O–H groups in total. The Hall–Kier alpha value is -3.03. The van der Waals surface area contributed by atoms with Crippen LogP contribution in [-0.4, -0.2) is 41.6 Å². The number of allylic oxidation sites excluding steroid dienone is 1. The van der Waals surface area contributed by atoms with Crippen LogP contribution in [-0.2, 0) is 9.53 Å². The normalized spacial score (nSPS) is 15.7. The van der Waals surface area contributed by atoms with Crippen LogP contribution in [0, 0.1) is 6.92 Å². The molecule has 1 aliphatic heterocycles. The molecule has 0 aliphatic carbocycles. The average Bonchev–Trinajstić information content (AvgIpc) is 3.06. The zero-order chi connectivity index (χ0) is 20.3. The maximum absolute atomic E-state index is 12.9. The van der Waals surface area contributed by atoms with Gasteiger partial charge in [0.15, 0.2) is 11.5 Å². The molecule has 1 aliphatic rings. The maximum atomic E-state index is 12.9. The lowest BCUT2D eigenvalue weighted by Gasteiger charge is -2.29. The summed E-state index contributed by atoms with van der Waals surface area (Å²) in [5.74, 6) is 2.06. The molecule has 2 aromatic rings. The zero-order valence-electron chi connectivity index (χ0n) is 16.9. The van der Waals surface area contributed by atoms with E-state index in [0.29, 0.717) is 41.9 Å². The fraction of sp³-hybridized carbons (Fsp3) is 0.450. The van der Waals surface area contributed by atoms with Crippen LogP contribution >= 0.6 is 0 Å². The van der Waals surface area contributed by atoms with E-state index in [0.717, 1.165) is 17.7 Å². The van der Waals surface area contributed by atoms with E-state index >= 15 is 0 Å². The number of nitrogens with zero attached hydrogens (tertiary/aromatic N) is 3. The summed E-state index contributed by atoms with van der Waals surface area (Å²) in [5.41, 5.74) is 2.18. The highest BCUT2D eigenvalue weighted by Crippen LogP contribution is 2.39. The van der Waals surface area contributed by atoms with Gasteiger partial charge in [-0.05, 0) is 38.0 Å². The molecule has 8 nitrogen and oxygen atoms in total. The number of hydrogen-bond donors (Lipinski definition) is 1. The van der Waals surface area contributed by atoms with Gasteiger partial charge in [0.2, 0.25) is 5.95 Å². The number of hydrogen-bond acceptors (Lipinski definition) is 7. The van der Waals surface area contributed by atoms with Gasteiger partial charge < -0.3 is 19.5 Å². The third kappa shape index (κ3) is 3.54. The lowest BCUT2D eigenvalue weighted by atomic mass is 9.93. The number of carbonyl (C=O) groups is 1. The van der Waals surface area contributed by atoms with Crippen molar-refractivity contribution in [3.05, 3.63) is 40.9 Å². The third-order valence-corrected chi connectivity index (χ3v) is 4.56. The largest absolute Gasteiger partial charge is 0.493 e. The van der Waals surface area contributed by atoms with Gasteiger partial charge in [-0.25, -0.2) is 9.48 Å². The number of esters is 1. The minimum Gasteiger partial charge on any atom is -0.493 e. The molecule has 1 atom stereocenters. The Labute approximate surface area is 164 Å². The van der Waals surface area contributed by atoms with E-state index in [1.54, 1.807) is 25.8 Å². The number of benzene rings is 1. The first kappa shape index (κ1) is 19.7. The molecule has 28 heavy (non-hydrogen) atoms. The van der Waals surface area contributed by atoms with Crippen molar-refractivity contribution in [2.45, 2.75) is 39.7 Å². The highest BCUT2D eigenvalue weighted by molar-refractivity contribution is 5.92. The van der Waals surface area contributed by atoms with Gasteiger partial charge in [0, 0.05) is 5.70 Å². The summed E-state index contributed by atoms with van der Waals surface area (Å²) in [7, 11) is 3.17. The number of rotatable bonds is 7. The molecular formula is C20H26N4O4. The number of anilines is 1. The van der Waals surface area contributed by atoms with Crippen molar-refractivity contribution in [2.75, 3.05) is 26.1 Å².